The lowest BCUT2D eigenvalue weighted by molar-refractivity contribution is -0.131. The van der Waals surface area contributed by atoms with E-state index in [1.807, 2.05) is 20.8 Å². The summed E-state index contributed by atoms with van der Waals surface area (Å²) in [5.74, 6) is 0.872. The van der Waals surface area contributed by atoms with Crippen molar-refractivity contribution in [3.05, 3.63) is 50.9 Å². The molecule has 1 N–H and O–H groups in total. The van der Waals surface area contributed by atoms with E-state index in [-0.39, 0.29) is 22.6 Å². The number of fused-ring (bicyclic) bond motifs is 1. The number of aromatic amines is 1. The molecule has 0 aromatic carbocycles. The van der Waals surface area contributed by atoms with E-state index < -0.39 is 0 Å². The van der Waals surface area contributed by atoms with Gasteiger partial charge in [-0.25, -0.2) is 9.97 Å². The first-order chi connectivity index (χ1) is 15.3. The Morgan fingerprint density at radius 1 is 1.19 bits per heavy atom. The fraction of sp³-hybridized carbons (Fsp3) is 0.429. The number of hydrogen-bond donors (Lipinski definition) is 1. The van der Waals surface area contributed by atoms with Gasteiger partial charge >= 0.3 is 0 Å². The average Bonchev–Trinajstić information content (AvgIpc) is 3.10. The molecule has 3 aromatic heterocycles. The molecule has 1 unspecified atom stereocenters. The number of thiophene rings is 1. The molecule has 0 radical (unpaired) electrons. The zero-order valence-corrected chi connectivity index (χ0v) is 19.8. The van der Waals surface area contributed by atoms with Crippen LogP contribution in [0.25, 0.3) is 10.2 Å². The minimum Gasteiger partial charge on any atom is -0.338 e. The van der Waals surface area contributed by atoms with Gasteiger partial charge in [-0.05, 0) is 26.3 Å². The Bertz CT molecular complexity index is 1200. The second kappa shape index (κ2) is 9.37. The summed E-state index contributed by atoms with van der Waals surface area (Å²) >= 11 is 2.96. The van der Waals surface area contributed by atoms with Crippen LogP contribution in [0.4, 0.5) is 0 Å². The molecule has 1 aliphatic rings. The van der Waals surface area contributed by atoms with Crippen molar-refractivity contribution >= 4 is 45.1 Å². The van der Waals surface area contributed by atoms with Gasteiger partial charge in [0.2, 0.25) is 5.91 Å². The van der Waals surface area contributed by atoms with Crippen molar-refractivity contribution in [2.75, 3.05) is 26.2 Å². The first-order valence-electron chi connectivity index (χ1n) is 10.3. The number of rotatable bonds is 5. The zero-order valence-electron chi connectivity index (χ0n) is 18.1. The van der Waals surface area contributed by atoms with Crippen LogP contribution >= 0.6 is 23.1 Å². The lowest BCUT2D eigenvalue weighted by Gasteiger charge is -2.35. The third kappa shape index (κ3) is 4.53. The lowest BCUT2D eigenvalue weighted by atomic mass is 10.2. The molecular weight excluding hydrogens is 448 g/mol. The second-order valence-corrected chi connectivity index (χ2v) is 10.2. The molecule has 0 saturated carbocycles. The number of carbonyl (C=O) groups is 2. The second-order valence-electron chi connectivity index (χ2n) is 7.64. The molecule has 1 saturated heterocycles. The Morgan fingerprint density at radius 3 is 2.59 bits per heavy atom. The first-order valence-corrected chi connectivity index (χ1v) is 12.2. The van der Waals surface area contributed by atoms with Crippen LogP contribution in [0.15, 0.2) is 23.4 Å². The number of H-pyrrole nitrogens is 1. The third-order valence-corrected chi connectivity index (χ3v) is 7.81. The van der Waals surface area contributed by atoms with Crippen molar-refractivity contribution in [1.82, 2.24) is 29.7 Å². The molecule has 11 heteroatoms. The highest BCUT2D eigenvalue weighted by Crippen LogP contribution is 2.26. The maximum absolute atomic E-state index is 12.9. The van der Waals surface area contributed by atoms with Gasteiger partial charge in [-0.1, -0.05) is 0 Å². The quantitative estimate of drug-likeness (QED) is 0.604. The van der Waals surface area contributed by atoms with Gasteiger partial charge in [-0.15, -0.1) is 23.1 Å². The normalized spacial score (nSPS) is 15.2. The van der Waals surface area contributed by atoms with Gasteiger partial charge in [0.05, 0.1) is 22.6 Å². The van der Waals surface area contributed by atoms with Crippen molar-refractivity contribution < 1.29 is 9.59 Å². The van der Waals surface area contributed by atoms with E-state index in [1.54, 1.807) is 9.80 Å². The van der Waals surface area contributed by atoms with Crippen LogP contribution in [0.5, 0.6) is 0 Å². The van der Waals surface area contributed by atoms with Gasteiger partial charge in [-0.3, -0.25) is 19.4 Å². The standard InChI is InChI=1S/C21H24N6O3S2/c1-12-13(2)32-19-17(12)18(28)24-16(25-19)11-31-14(3)20(29)26-6-8-27(9-7-26)21(30)15-10-22-4-5-23-15/h4-5,10,14H,6-9,11H2,1-3H3,(H,24,25,28). The van der Waals surface area contributed by atoms with Crippen LogP contribution in [0.2, 0.25) is 0 Å². The molecule has 4 heterocycles. The zero-order chi connectivity index (χ0) is 22.8. The Morgan fingerprint density at radius 2 is 1.91 bits per heavy atom. The smallest absolute Gasteiger partial charge is 0.274 e. The molecule has 0 aliphatic carbocycles. The van der Waals surface area contributed by atoms with Gasteiger partial charge in [0, 0.05) is 43.4 Å². The topological polar surface area (TPSA) is 112 Å². The van der Waals surface area contributed by atoms with Crippen LogP contribution in [0.1, 0.15) is 33.7 Å². The lowest BCUT2D eigenvalue weighted by Crippen LogP contribution is -2.52. The Kier molecular flexibility index (Phi) is 6.56. The molecule has 9 nitrogen and oxygen atoms in total. The van der Waals surface area contributed by atoms with Gasteiger partial charge in [0.25, 0.3) is 11.5 Å². The summed E-state index contributed by atoms with van der Waals surface area (Å²) < 4.78 is 0. The predicted octanol–water partition coefficient (Wildman–Crippen LogP) is 2.00. The number of aromatic nitrogens is 4. The van der Waals surface area contributed by atoms with E-state index in [9.17, 15) is 14.4 Å². The van der Waals surface area contributed by atoms with Crippen molar-refractivity contribution in [2.24, 2.45) is 0 Å². The summed E-state index contributed by atoms with van der Waals surface area (Å²) in [6.45, 7) is 7.65. The molecule has 3 aromatic rings. The third-order valence-electron chi connectivity index (χ3n) is 5.57. The van der Waals surface area contributed by atoms with E-state index in [0.29, 0.717) is 48.8 Å². The Hall–Kier alpha value is -2.79. The van der Waals surface area contributed by atoms with Crippen LogP contribution in [0, 0.1) is 13.8 Å². The molecule has 168 valence electrons. The molecule has 2 amide bonds. The van der Waals surface area contributed by atoms with Crippen molar-refractivity contribution in [1.29, 1.82) is 0 Å². The molecule has 1 atom stereocenters. The summed E-state index contributed by atoms with van der Waals surface area (Å²) in [4.78, 5) is 58.5. The van der Waals surface area contributed by atoms with Crippen LogP contribution < -0.4 is 5.56 Å². The summed E-state index contributed by atoms with van der Waals surface area (Å²) in [6.07, 6.45) is 4.47. The van der Waals surface area contributed by atoms with Crippen molar-refractivity contribution in [2.45, 2.75) is 31.8 Å². The Balaban J connectivity index is 1.32. The Labute approximate surface area is 193 Å². The predicted molar refractivity (Wildman–Crippen MR) is 125 cm³/mol. The number of hydrogen-bond acceptors (Lipinski definition) is 8. The van der Waals surface area contributed by atoms with Crippen LogP contribution in [0.3, 0.4) is 0 Å². The summed E-state index contributed by atoms with van der Waals surface area (Å²) in [5, 5.41) is 0.365. The maximum atomic E-state index is 12.9. The first kappa shape index (κ1) is 22.4. The number of piperazine rings is 1. The molecule has 0 spiro atoms. The number of amides is 2. The molecule has 4 rings (SSSR count). The van der Waals surface area contributed by atoms with E-state index in [4.69, 9.17) is 0 Å². The molecule has 1 fully saturated rings. The van der Waals surface area contributed by atoms with E-state index in [2.05, 4.69) is 19.9 Å². The molecule has 0 bridgehead atoms. The number of carbonyl (C=O) groups excluding carboxylic acids is 2. The van der Waals surface area contributed by atoms with Crippen molar-refractivity contribution in [3.8, 4) is 0 Å². The minimum absolute atomic E-state index is 0.0211. The fourth-order valence-corrected chi connectivity index (χ4v) is 5.49. The molecular formula is C21H24N6O3S2. The SMILES string of the molecule is Cc1sc2nc(CSC(C)C(=O)N3CCN(C(=O)c4cnccn4)CC3)[nH]c(=O)c2c1C. The minimum atomic E-state index is -0.287. The van der Waals surface area contributed by atoms with E-state index >= 15 is 0 Å². The maximum Gasteiger partial charge on any atom is 0.274 e. The summed E-state index contributed by atoms with van der Waals surface area (Å²) in [6, 6.07) is 0. The molecule has 32 heavy (non-hydrogen) atoms. The van der Waals surface area contributed by atoms with Crippen LogP contribution in [-0.2, 0) is 10.5 Å². The van der Waals surface area contributed by atoms with E-state index in [1.165, 1.54) is 41.7 Å². The number of nitrogens with zero attached hydrogens (tertiary/aromatic N) is 5. The number of aryl methyl sites for hydroxylation is 2. The fourth-order valence-electron chi connectivity index (χ4n) is 3.60. The number of nitrogens with one attached hydrogen (secondary N) is 1. The van der Waals surface area contributed by atoms with Gasteiger partial charge in [-0.2, -0.15) is 0 Å². The average molecular weight is 473 g/mol. The van der Waals surface area contributed by atoms with E-state index in [0.717, 1.165) is 15.3 Å². The highest BCUT2D eigenvalue weighted by atomic mass is 32.2. The highest BCUT2D eigenvalue weighted by Gasteiger charge is 2.28. The largest absolute Gasteiger partial charge is 0.338 e. The monoisotopic (exact) mass is 472 g/mol. The van der Waals surface area contributed by atoms with Crippen LogP contribution in [-0.4, -0.2) is 73.0 Å². The van der Waals surface area contributed by atoms with Gasteiger partial charge in [0.15, 0.2) is 0 Å². The molecule has 1 aliphatic heterocycles. The van der Waals surface area contributed by atoms with Crippen molar-refractivity contribution in [3.63, 3.8) is 0 Å². The highest BCUT2D eigenvalue weighted by molar-refractivity contribution is 7.99. The van der Waals surface area contributed by atoms with Gasteiger partial charge in [0.1, 0.15) is 16.3 Å². The number of thioether (sulfide) groups is 1. The summed E-state index contributed by atoms with van der Waals surface area (Å²) in [5.41, 5.74) is 1.15. The van der Waals surface area contributed by atoms with Gasteiger partial charge < -0.3 is 14.8 Å². The summed E-state index contributed by atoms with van der Waals surface area (Å²) in [7, 11) is 0.